The molecule has 1 aliphatic carbocycles. The van der Waals surface area contributed by atoms with Crippen molar-refractivity contribution in [3.05, 3.63) is 78.1 Å². The zero-order chi connectivity index (χ0) is 25.9. The van der Waals surface area contributed by atoms with E-state index in [1.54, 1.807) is 24.4 Å². The predicted octanol–water partition coefficient (Wildman–Crippen LogP) is 2.12. The lowest BCUT2D eigenvalue weighted by Crippen LogP contribution is -2.55. The molecule has 0 saturated carbocycles. The van der Waals surface area contributed by atoms with Crippen LogP contribution in [0.25, 0.3) is 0 Å². The van der Waals surface area contributed by atoms with Gasteiger partial charge in [-0.2, -0.15) is 0 Å². The molecule has 9 heteroatoms. The van der Waals surface area contributed by atoms with E-state index in [1.807, 2.05) is 56.3 Å². The quantitative estimate of drug-likeness (QED) is 0.290. The van der Waals surface area contributed by atoms with E-state index < -0.39 is 35.8 Å². The molecule has 0 radical (unpaired) electrons. The largest absolute Gasteiger partial charge is 0.449 e. The number of carbonyl (C=O) groups is 4. The highest BCUT2D eigenvalue weighted by atomic mass is 16.5. The Labute approximate surface area is 210 Å². The lowest BCUT2D eigenvalue weighted by atomic mass is 9.99. The van der Waals surface area contributed by atoms with Crippen LogP contribution in [0.1, 0.15) is 31.5 Å². The summed E-state index contributed by atoms with van der Waals surface area (Å²) in [5, 5.41) is 7.86. The number of hydrogen-bond donors (Lipinski definition) is 3. The lowest BCUT2D eigenvalue weighted by molar-refractivity contribution is -0.140. The highest BCUT2D eigenvalue weighted by Gasteiger charge is 2.32. The third-order valence-electron chi connectivity index (χ3n) is 5.46. The van der Waals surface area contributed by atoms with E-state index in [2.05, 4.69) is 20.9 Å². The average Bonchev–Trinajstić information content (AvgIpc) is 3.67. The van der Waals surface area contributed by atoms with Gasteiger partial charge < -0.3 is 20.7 Å². The molecule has 2 atom stereocenters. The molecule has 3 amide bonds. The number of rotatable bonds is 13. The normalized spacial score (nSPS) is 14.0. The minimum Gasteiger partial charge on any atom is -0.449 e. The molecule has 2 aromatic rings. The number of ketones is 1. The van der Waals surface area contributed by atoms with Crippen LogP contribution in [0.5, 0.6) is 0 Å². The molecule has 1 aliphatic rings. The van der Waals surface area contributed by atoms with Crippen LogP contribution in [0.4, 0.5) is 4.79 Å². The number of nitrogens with one attached hydrogen (secondary N) is 3. The van der Waals surface area contributed by atoms with Crippen LogP contribution in [0.15, 0.2) is 66.9 Å². The fourth-order valence-corrected chi connectivity index (χ4v) is 3.55. The summed E-state index contributed by atoms with van der Waals surface area (Å²) in [6, 6.07) is 12.3. The van der Waals surface area contributed by atoms with Crippen LogP contribution in [-0.4, -0.2) is 53.4 Å². The van der Waals surface area contributed by atoms with Gasteiger partial charge in [-0.3, -0.25) is 19.4 Å². The molecule has 3 rings (SSSR count). The minimum atomic E-state index is -1.09. The summed E-state index contributed by atoms with van der Waals surface area (Å²) in [6.07, 6.45) is 5.32. The van der Waals surface area contributed by atoms with Crippen molar-refractivity contribution in [2.45, 2.75) is 51.2 Å². The maximum absolute atomic E-state index is 13.2. The van der Waals surface area contributed by atoms with Gasteiger partial charge in [0.15, 0.2) is 0 Å². The van der Waals surface area contributed by atoms with Gasteiger partial charge in [-0.05, 0) is 30.0 Å². The second kappa shape index (κ2) is 13.2. The Bertz CT molecular complexity index is 1070. The smallest absolute Gasteiger partial charge is 0.407 e. The van der Waals surface area contributed by atoms with Crippen LogP contribution in [0, 0.1) is 5.92 Å². The number of ether oxygens (including phenoxy) is 1. The number of Topliss-reactive ketones (excluding diaryl/α,β-unsaturated/α-hetero) is 1. The van der Waals surface area contributed by atoms with Crippen molar-refractivity contribution in [3.63, 3.8) is 0 Å². The number of alkyl carbamates (subject to hydrolysis) is 1. The van der Waals surface area contributed by atoms with Gasteiger partial charge in [-0.1, -0.05) is 62.4 Å². The van der Waals surface area contributed by atoms with Crippen LogP contribution in [0.2, 0.25) is 0 Å². The summed E-state index contributed by atoms with van der Waals surface area (Å²) in [7, 11) is 0. The fraction of sp³-hybridized carbons (Fsp3) is 0.370. The molecule has 0 unspecified atom stereocenters. The molecule has 9 nitrogen and oxygen atoms in total. The van der Waals surface area contributed by atoms with E-state index in [9.17, 15) is 19.2 Å². The number of pyridine rings is 1. The topological polar surface area (TPSA) is 126 Å². The lowest BCUT2D eigenvalue weighted by Gasteiger charge is -2.23. The molecule has 1 aromatic heterocycles. The van der Waals surface area contributed by atoms with Crippen molar-refractivity contribution in [3.8, 4) is 0 Å². The molecule has 0 spiro atoms. The van der Waals surface area contributed by atoms with Gasteiger partial charge in [0.05, 0.1) is 12.6 Å². The van der Waals surface area contributed by atoms with Gasteiger partial charge in [0.25, 0.3) is 5.91 Å². The summed E-state index contributed by atoms with van der Waals surface area (Å²) in [5.41, 5.74) is 1.57. The maximum atomic E-state index is 13.2. The third kappa shape index (κ3) is 8.98. The van der Waals surface area contributed by atoms with Crippen molar-refractivity contribution >= 4 is 23.7 Å². The van der Waals surface area contributed by atoms with Gasteiger partial charge >= 0.3 is 6.09 Å². The minimum absolute atomic E-state index is 0.0714. The molecule has 0 fully saturated rings. The first-order valence-electron chi connectivity index (χ1n) is 12.0. The predicted molar refractivity (Wildman–Crippen MR) is 134 cm³/mol. The zero-order valence-electron chi connectivity index (χ0n) is 20.5. The number of aromatic nitrogens is 1. The van der Waals surface area contributed by atoms with E-state index in [0.717, 1.165) is 11.3 Å². The van der Waals surface area contributed by atoms with Crippen molar-refractivity contribution < 1.29 is 23.9 Å². The summed E-state index contributed by atoms with van der Waals surface area (Å²) < 4.78 is 5.24. The molecule has 1 heterocycles. The highest BCUT2D eigenvalue weighted by molar-refractivity contribution is 6.38. The molecule has 0 bridgehead atoms. The zero-order valence-corrected chi connectivity index (χ0v) is 20.5. The van der Waals surface area contributed by atoms with Crippen LogP contribution in [-0.2, 0) is 32.0 Å². The van der Waals surface area contributed by atoms with Gasteiger partial charge in [-0.25, -0.2) is 4.79 Å². The van der Waals surface area contributed by atoms with Gasteiger partial charge in [0.2, 0.25) is 11.7 Å². The maximum Gasteiger partial charge on any atom is 0.407 e. The number of hydrogen-bond acceptors (Lipinski definition) is 6. The Morgan fingerprint density at radius 3 is 2.31 bits per heavy atom. The number of amides is 3. The van der Waals surface area contributed by atoms with Crippen molar-refractivity contribution in [2.24, 2.45) is 5.92 Å². The Hall–Kier alpha value is -4.01. The average molecular weight is 493 g/mol. The van der Waals surface area contributed by atoms with Crippen molar-refractivity contribution in [1.29, 1.82) is 0 Å². The van der Waals surface area contributed by atoms with Crippen molar-refractivity contribution in [2.75, 3.05) is 6.61 Å². The van der Waals surface area contributed by atoms with E-state index in [4.69, 9.17) is 4.74 Å². The fourth-order valence-electron chi connectivity index (χ4n) is 3.55. The van der Waals surface area contributed by atoms with Gasteiger partial charge in [-0.15, -0.1) is 0 Å². The van der Waals surface area contributed by atoms with E-state index >= 15 is 0 Å². The van der Waals surface area contributed by atoms with Crippen LogP contribution < -0.4 is 16.0 Å². The summed E-state index contributed by atoms with van der Waals surface area (Å²) >= 11 is 0. The Kier molecular flexibility index (Phi) is 9.73. The number of benzene rings is 1. The Balaban J connectivity index is 1.63. The first-order chi connectivity index (χ1) is 17.3. The van der Waals surface area contributed by atoms with Gasteiger partial charge in [0, 0.05) is 24.7 Å². The second-order valence-corrected chi connectivity index (χ2v) is 9.03. The molecule has 0 saturated heterocycles. The summed E-state index contributed by atoms with van der Waals surface area (Å²) in [5.74, 6) is -2.00. The van der Waals surface area contributed by atoms with Crippen LogP contribution in [0.3, 0.4) is 0 Å². The first-order valence-corrected chi connectivity index (χ1v) is 12.0. The Morgan fingerprint density at radius 2 is 1.67 bits per heavy atom. The molecule has 0 aliphatic heterocycles. The highest BCUT2D eigenvalue weighted by Crippen LogP contribution is 2.10. The second-order valence-electron chi connectivity index (χ2n) is 9.03. The number of nitrogens with zero attached hydrogens (tertiary/aromatic N) is 1. The molecular weight excluding hydrogens is 460 g/mol. The van der Waals surface area contributed by atoms with E-state index in [-0.39, 0.29) is 25.0 Å². The molecular formula is C27H32N4O5. The molecule has 3 N–H and O–H groups in total. The summed E-state index contributed by atoms with van der Waals surface area (Å²) in [4.78, 5) is 55.1. The van der Waals surface area contributed by atoms with E-state index in [0.29, 0.717) is 12.8 Å². The molecule has 1 aromatic carbocycles. The Morgan fingerprint density at radius 1 is 0.944 bits per heavy atom. The monoisotopic (exact) mass is 492 g/mol. The standard InChI is InChI=1S/C27H32N4O5/c1-18(2)16-23(31-27(35)36-15-13-20-10-6-7-14-28-20)25(33)30-22(17-19-8-4-3-5-9-19)24(32)26(34)29-21-11-12-21/h3-12,14,18,21-23H,13,15-17H2,1-2H3,(H,29,34)(H,30,33)(H,31,35)/t22-,23-/m0/s1. The van der Waals surface area contributed by atoms with Crippen molar-refractivity contribution in [1.82, 2.24) is 20.9 Å². The third-order valence-corrected chi connectivity index (χ3v) is 5.46. The van der Waals surface area contributed by atoms with Gasteiger partial charge in [0.1, 0.15) is 12.1 Å². The first kappa shape index (κ1) is 26.6. The molecule has 36 heavy (non-hydrogen) atoms. The van der Waals surface area contributed by atoms with E-state index in [1.165, 1.54) is 0 Å². The SMILES string of the molecule is CC(C)C[C@H](NC(=O)OCCc1ccccn1)C(=O)N[C@@H](Cc1ccccc1)C(=O)C(=O)NC1C=C1. The molecule has 190 valence electrons. The van der Waals surface area contributed by atoms with Crippen LogP contribution >= 0.6 is 0 Å². The number of carbonyl (C=O) groups excluding carboxylic acids is 4. The summed E-state index contributed by atoms with van der Waals surface area (Å²) in [6.45, 7) is 3.93.